The normalized spacial score (nSPS) is 13.8. The van der Waals surface area contributed by atoms with E-state index in [2.05, 4.69) is 27.7 Å². The molecular formula is C32H54O6. The molecule has 0 aliphatic heterocycles. The number of hydrogen-bond donors (Lipinski definition) is 0. The van der Waals surface area contributed by atoms with Gasteiger partial charge in [0, 0.05) is 0 Å². The Morgan fingerprint density at radius 3 is 1.63 bits per heavy atom. The monoisotopic (exact) mass is 534 g/mol. The van der Waals surface area contributed by atoms with E-state index in [0.717, 1.165) is 47.1 Å². The summed E-state index contributed by atoms with van der Waals surface area (Å²) in [6.45, 7) is 15.1. The molecule has 6 heteroatoms. The van der Waals surface area contributed by atoms with E-state index in [1.54, 1.807) is 7.11 Å². The maximum Gasteiger partial charge on any atom is 0.323 e. The Morgan fingerprint density at radius 1 is 0.711 bits per heavy atom. The highest BCUT2D eigenvalue weighted by atomic mass is 16.6. The van der Waals surface area contributed by atoms with Crippen molar-refractivity contribution < 1.29 is 28.5 Å². The first-order valence-corrected chi connectivity index (χ1v) is 14.4. The summed E-state index contributed by atoms with van der Waals surface area (Å²) in [5.74, 6) is 1.17. The Kier molecular flexibility index (Phi) is 15.4. The van der Waals surface area contributed by atoms with Crippen molar-refractivity contribution >= 4 is 11.9 Å². The van der Waals surface area contributed by atoms with E-state index in [1.165, 1.54) is 52.7 Å². The van der Waals surface area contributed by atoms with E-state index in [1.807, 2.05) is 26.8 Å². The van der Waals surface area contributed by atoms with Crippen molar-refractivity contribution in [2.75, 3.05) is 21.3 Å². The van der Waals surface area contributed by atoms with E-state index in [-0.39, 0.29) is 0 Å². The lowest BCUT2D eigenvalue weighted by molar-refractivity contribution is -0.163. The summed E-state index contributed by atoms with van der Waals surface area (Å²) in [4.78, 5) is 25.3. The van der Waals surface area contributed by atoms with Crippen LogP contribution in [0.2, 0.25) is 0 Å². The minimum atomic E-state index is -1.14. The topological polar surface area (TPSA) is 71.1 Å². The molecule has 0 N–H and O–H groups in total. The maximum atomic E-state index is 12.7. The average molecular weight is 535 g/mol. The van der Waals surface area contributed by atoms with Crippen molar-refractivity contribution in [2.24, 2.45) is 23.7 Å². The average Bonchev–Trinajstić information content (AvgIpc) is 2.86. The Hall–Kier alpha value is -2.24. The fraction of sp³-hybridized carbons (Fsp3) is 0.750. The predicted molar refractivity (Wildman–Crippen MR) is 154 cm³/mol. The second-order valence-corrected chi connectivity index (χ2v) is 11.6. The minimum Gasteiger partial charge on any atom is -0.496 e. The zero-order valence-corrected chi connectivity index (χ0v) is 25.8. The molecule has 38 heavy (non-hydrogen) atoms. The molecule has 1 rings (SSSR count). The number of rotatable bonds is 18. The molecule has 3 atom stereocenters. The van der Waals surface area contributed by atoms with Crippen LogP contribution in [0.1, 0.15) is 102 Å². The number of esters is 2. The first-order chi connectivity index (χ1) is 18.0. The van der Waals surface area contributed by atoms with Crippen LogP contribution in [0.3, 0.4) is 0 Å². The van der Waals surface area contributed by atoms with Gasteiger partial charge in [0.2, 0.25) is 0 Å². The van der Waals surface area contributed by atoms with Crippen molar-refractivity contribution in [1.29, 1.82) is 0 Å². The van der Waals surface area contributed by atoms with Crippen LogP contribution in [0, 0.1) is 44.4 Å². The maximum absolute atomic E-state index is 12.7. The van der Waals surface area contributed by atoms with Gasteiger partial charge in [0.1, 0.15) is 17.6 Å². The van der Waals surface area contributed by atoms with Crippen molar-refractivity contribution in [1.82, 2.24) is 0 Å². The van der Waals surface area contributed by atoms with Crippen molar-refractivity contribution in [2.45, 2.75) is 112 Å². The molecule has 0 spiro atoms. The van der Waals surface area contributed by atoms with Crippen LogP contribution in [-0.4, -0.2) is 39.4 Å². The highest BCUT2D eigenvalue weighted by Crippen LogP contribution is 2.35. The Labute approximate surface area is 232 Å². The van der Waals surface area contributed by atoms with Gasteiger partial charge >= 0.3 is 11.9 Å². The van der Waals surface area contributed by atoms with Crippen molar-refractivity contribution in [3.63, 3.8) is 0 Å². The number of aryl methyl sites for hydroxylation is 1. The molecule has 0 aliphatic carbocycles. The van der Waals surface area contributed by atoms with Gasteiger partial charge in [-0.25, -0.2) is 0 Å². The second kappa shape index (κ2) is 17.4. The number of benzene rings is 1. The number of ether oxygens (including phenoxy) is 4. The summed E-state index contributed by atoms with van der Waals surface area (Å²) < 4.78 is 21.9. The highest BCUT2D eigenvalue weighted by Gasteiger charge is 2.39. The number of hydrogen-bond acceptors (Lipinski definition) is 6. The van der Waals surface area contributed by atoms with Crippen LogP contribution in [0.5, 0.6) is 11.5 Å². The Balaban J connectivity index is 2.86. The number of carbonyl (C=O) groups excluding carboxylic acids is 2. The summed E-state index contributed by atoms with van der Waals surface area (Å²) in [7, 11) is 4.22. The van der Waals surface area contributed by atoms with E-state index in [0.29, 0.717) is 18.1 Å². The fourth-order valence-corrected chi connectivity index (χ4v) is 5.21. The van der Waals surface area contributed by atoms with Crippen LogP contribution in [0.25, 0.3) is 0 Å². The van der Waals surface area contributed by atoms with Crippen LogP contribution < -0.4 is 9.47 Å². The molecule has 0 aromatic heterocycles. The molecule has 0 amide bonds. The molecule has 0 bridgehead atoms. The molecule has 0 saturated carbocycles. The third kappa shape index (κ3) is 10.9. The minimum absolute atomic E-state index is 0.550. The molecule has 1 aromatic rings. The molecule has 218 valence electrons. The lowest BCUT2D eigenvalue weighted by atomic mass is 9.90. The molecule has 0 aliphatic rings. The summed E-state index contributed by atoms with van der Waals surface area (Å²) in [5.41, 5.74) is 2.83. The molecule has 6 nitrogen and oxygen atoms in total. The number of carbonyl (C=O) groups is 2. The molecule has 1 aromatic carbocycles. The van der Waals surface area contributed by atoms with E-state index in [4.69, 9.17) is 18.9 Å². The summed E-state index contributed by atoms with van der Waals surface area (Å²) in [6.07, 6.45) is 9.37. The zero-order valence-electron chi connectivity index (χ0n) is 25.8. The van der Waals surface area contributed by atoms with Gasteiger partial charge in [-0.15, -0.1) is 0 Å². The number of methoxy groups -OCH3 is 3. The van der Waals surface area contributed by atoms with E-state index >= 15 is 0 Å². The van der Waals surface area contributed by atoms with Gasteiger partial charge in [-0.1, -0.05) is 72.6 Å². The first kappa shape index (κ1) is 33.8. The van der Waals surface area contributed by atoms with Gasteiger partial charge in [0.05, 0.1) is 21.3 Å². The highest BCUT2D eigenvalue weighted by molar-refractivity contribution is 5.95. The van der Waals surface area contributed by atoms with Crippen molar-refractivity contribution in [3.05, 3.63) is 22.8 Å². The fourth-order valence-electron chi connectivity index (χ4n) is 5.21. The summed E-state index contributed by atoms with van der Waals surface area (Å²) in [6, 6.07) is 1.91. The molecule has 0 saturated heterocycles. The predicted octanol–water partition coefficient (Wildman–Crippen LogP) is 7.77. The second-order valence-electron chi connectivity index (χ2n) is 11.6. The summed E-state index contributed by atoms with van der Waals surface area (Å²) >= 11 is 0. The van der Waals surface area contributed by atoms with Gasteiger partial charge in [0.25, 0.3) is 0 Å². The molecular weight excluding hydrogens is 480 g/mol. The van der Waals surface area contributed by atoms with Crippen LogP contribution in [0.4, 0.5) is 0 Å². The Morgan fingerprint density at radius 2 is 1.18 bits per heavy atom. The van der Waals surface area contributed by atoms with Gasteiger partial charge in [-0.3, -0.25) is 9.59 Å². The van der Waals surface area contributed by atoms with Crippen LogP contribution >= 0.6 is 0 Å². The van der Waals surface area contributed by atoms with Crippen LogP contribution in [0.15, 0.2) is 6.07 Å². The lowest BCUT2D eigenvalue weighted by Gasteiger charge is -2.27. The van der Waals surface area contributed by atoms with Crippen LogP contribution in [-0.2, 0) is 19.1 Å². The third-order valence-electron chi connectivity index (χ3n) is 7.80. The van der Waals surface area contributed by atoms with Gasteiger partial charge in [0.15, 0.2) is 5.92 Å². The van der Waals surface area contributed by atoms with E-state index < -0.39 is 24.0 Å². The largest absolute Gasteiger partial charge is 0.496 e. The third-order valence-corrected chi connectivity index (χ3v) is 7.80. The molecule has 0 heterocycles. The van der Waals surface area contributed by atoms with Gasteiger partial charge < -0.3 is 18.9 Å². The van der Waals surface area contributed by atoms with Gasteiger partial charge in [-0.2, -0.15) is 0 Å². The smallest absolute Gasteiger partial charge is 0.323 e. The molecule has 0 fully saturated rings. The standard InChI is InChI=1S/C32H54O6/c1-21(2)14-11-15-22(3)16-12-17-23(4)18-13-19-27(29(31(33)36-9)32(34)37-10)38-28-20-24(5)30(35-8)26(7)25(28)6/h20-23,27,29H,11-19H2,1-10H3. The Bertz CT molecular complexity index is 846. The van der Waals surface area contributed by atoms with Gasteiger partial charge in [-0.05, 0) is 74.1 Å². The quantitative estimate of drug-likeness (QED) is 0.141. The molecule has 3 unspecified atom stereocenters. The van der Waals surface area contributed by atoms with Crippen molar-refractivity contribution in [3.8, 4) is 11.5 Å². The summed E-state index contributed by atoms with van der Waals surface area (Å²) in [5, 5.41) is 0. The molecule has 0 radical (unpaired) electrons. The first-order valence-electron chi connectivity index (χ1n) is 14.4. The van der Waals surface area contributed by atoms with E-state index in [9.17, 15) is 9.59 Å². The zero-order chi connectivity index (χ0) is 28.8. The lowest BCUT2D eigenvalue weighted by Crippen LogP contribution is -2.40. The SMILES string of the molecule is COC(=O)C(C(=O)OC)C(CCCC(C)CCCC(C)CCCC(C)C)Oc1cc(C)c(OC)c(C)c1C.